The molecule has 2 saturated heterocycles. The summed E-state index contributed by atoms with van der Waals surface area (Å²) in [6.45, 7) is 18.6. The van der Waals surface area contributed by atoms with Gasteiger partial charge in [0, 0.05) is 98.2 Å². The first-order chi connectivity index (χ1) is 48.8. The molecule has 6 N–H and O–H groups in total. The third-order valence-electron chi connectivity index (χ3n) is 19.4. The third kappa shape index (κ3) is 21.9. The summed E-state index contributed by atoms with van der Waals surface area (Å²) < 4.78 is 100. The molecular formula is C76H97ClF3N9O10S4. The van der Waals surface area contributed by atoms with E-state index < -0.39 is 94.3 Å². The Morgan fingerprint density at radius 3 is 2.15 bits per heavy atom. The van der Waals surface area contributed by atoms with Crippen molar-refractivity contribution in [2.75, 3.05) is 81.5 Å². The van der Waals surface area contributed by atoms with Gasteiger partial charge in [-0.15, -0.1) is 23.1 Å². The molecule has 5 aromatic carbocycles. The van der Waals surface area contributed by atoms with Crippen molar-refractivity contribution in [1.29, 1.82) is 0 Å². The number of aryl methyl sites for hydroxylation is 1. The summed E-state index contributed by atoms with van der Waals surface area (Å²) in [5.74, 6) is -2.03. The van der Waals surface area contributed by atoms with Crippen molar-refractivity contribution in [1.82, 2.24) is 35.0 Å². The Balaban J connectivity index is 0.765. The fourth-order valence-electron chi connectivity index (χ4n) is 13.5. The van der Waals surface area contributed by atoms with E-state index in [-0.39, 0.29) is 61.6 Å². The maximum Gasteiger partial charge on any atom is 0.501 e. The number of alkyl halides is 3. The lowest BCUT2D eigenvalue weighted by molar-refractivity contribution is -0.144. The molecule has 9 rings (SSSR count). The second-order valence-corrected chi connectivity index (χ2v) is 35.0. The first kappa shape index (κ1) is 80.2. The zero-order valence-electron chi connectivity index (χ0n) is 59.6. The number of carbonyl (C=O) groups excluding carboxylic acids is 4. The highest BCUT2D eigenvalue weighted by molar-refractivity contribution is 7.99. The van der Waals surface area contributed by atoms with E-state index in [1.165, 1.54) is 45.5 Å². The Morgan fingerprint density at radius 2 is 1.50 bits per heavy atom. The van der Waals surface area contributed by atoms with E-state index in [4.69, 9.17) is 11.6 Å². The number of aliphatic hydroxyl groups excluding tert-OH is 2. The predicted molar refractivity (Wildman–Crippen MR) is 402 cm³/mol. The Morgan fingerprint density at radius 1 is 0.825 bits per heavy atom. The maximum atomic E-state index is 14.6. The van der Waals surface area contributed by atoms with Gasteiger partial charge < -0.3 is 40.9 Å². The molecule has 0 spiro atoms. The molecule has 0 unspecified atom stereocenters. The number of allylic oxidation sites excluding steroid dienone is 1. The molecule has 2 fully saturated rings. The van der Waals surface area contributed by atoms with Gasteiger partial charge >= 0.3 is 5.51 Å². The van der Waals surface area contributed by atoms with Crippen LogP contribution in [0.1, 0.15) is 145 Å². The number of thioether (sulfide) groups is 1. The number of aliphatic hydroxyl groups is 2. The van der Waals surface area contributed by atoms with Crippen LogP contribution in [0.4, 0.5) is 24.5 Å². The molecular weight excluding hydrogens is 1420 g/mol. The van der Waals surface area contributed by atoms with Gasteiger partial charge in [-0.2, -0.15) is 13.2 Å². The van der Waals surface area contributed by atoms with Crippen molar-refractivity contribution in [2.24, 2.45) is 10.8 Å². The molecule has 19 nitrogen and oxygen atoms in total. The minimum absolute atomic E-state index is 0.0460. The van der Waals surface area contributed by atoms with Gasteiger partial charge in [0.25, 0.3) is 25.8 Å². The molecule has 103 heavy (non-hydrogen) atoms. The number of sulfonamides is 1. The molecule has 1 aliphatic carbocycles. The van der Waals surface area contributed by atoms with E-state index in [9.17, 15) is 59.4 Å². The van der Waals surface area contributed by atoms with E-state index in [2.05, 4.69) is 56.7 Å². The molecule has 3 heterocycles. The number of piperazine rings is 1. The number of halogens is 4. The highest BCUT2D eigenvalue weighted by atomic mass is 35.5. The lowest BCUT2D eigenvalue weighted by Crippen LogP contribution is -2.57. The molecule has 6 aromatic rings. The number of aromatic nitrogens is 1. The lowest BCUT2D eigenvalue weighted by atomic mass is 9.73. The number of hydrogen-bond acceptors (Lipinski definition) is 17. The molecule has 27 heteroatoms. The molecule has 2 aliphatic heterocycles. The number of rotatable bonds is 32. The van der Waals surface area contributed by atoms with Crippen LogP contribution in [0.2, 0.25) is 5.02 Å². The van der Waals surface area contributed by atoms with Crippen molar-refractivity contribution in [3.8, 4) is 10.4 Å². The summed E-state index contributed by atoms with van der Waals surface area (Å²) in [6.07, 6.45) is 5.99. The minimum atomic E-state index is -6.20. The number of hydrogen-bond donors (Lipinski definition) is 6. The van der Waals surface area contributed by atoms with Crippen molar-refractivity contribution >= 4 is 95.1 Å². The summed E-state index contributed by atoms with van der Waals surface area (Å²) in [7, 11) is -11.2. The van der Waals surface area contributed by atoms with Crippen LogP contribution in [0.25, 0.3) is 16.0 Å². The van der Waals surface area contributed by atoms with Gasteiger partial charge in [-0.25, -0.2) is 26.5 Å². The Kier molecular flexibility index (Phi) is 27.6. The van der Waals surface area contributed by atoms with E-state index >= 15 is 0 Å². The standard InChI is InChI=1S/C76H97ClF3N9O10S4/c1-51(53-19-21-55(22-20-53)69-52(2)81-50-101-69)82-72(94)66-44-61(91)48-89(66)73(95)70(74(3,4)5)84-68(92)18-14-9-8-10-15-36-86(42-43-90)37-34-59(49-100-62-16-12-11-13-17-62)83-65-32-31-63(45-67(65)102(96,97)76(78,79)80)103(98,99)85-71(93)56-25-29-60(30-26-56)88-40-38-87(39-41-88)47-57-46-75(6,7)35-33-64(57)54-23-27-58(77)28-24-54/h11-13,16-17,19-32,45,50-51,59,61,66,70,83,90-91H,8-10,14-15,18,33-44,46-49H2,1-7H3,(H,82,94)(H,84,92)(H,85,93)/t51-,59+,61+,66-,70+/m0/s1. The topological polar surface area (TPSA) is 251 Å². The maximum absolute atomic E-state index is 14.6. The first-order valence-corrected chi connectivity index (χ1v) is 40.4. The van der Waals surface area contributed by atoms with Gasteiger partial charge in [0.2, 0.25) is 17.7 Å². The largest absolute Gasteiger partial charge is 0.501 e. The van der Waals surface area contributed by atoms with E-state index in [1.54, 1.807) is 29.0 Å². The zero-order valence-corrected chi connectivity index (χ0v) is 63.6. The summed E-state index contributed by atoms with van der Waals surface area (Å²) in [4.78, 5) is 67.3. The summed E-state index contributed by atoms with van der Waals surface area (Å²) >= 11 is 9.15. The highest BCUT2D eigenvalue weighted by Gasteiger charge is 2.49. The second-order valence-electron chi connectivity index (χ2n) is 29.0. The molecule has 1 aromatic heterocycles. The monoisotopic (exact) mass is 1520 g/mol. The lowest BCUT2D eigenvalue weighted by Gasteiger charge is -2.39. The molecule has 558 valence electrons. The SMILES string of the molecule is Cc1ncsc1-c1ccc([C@H](C)NC(=O)[C@@H]2C[C@@H](O)CN2C(=O)[C@@H](NC(=O)CCCCCCCN(CCO)CC[C@H](CSc2ccccc2)Nc2ccc(S(=O)(=O)NC(=O)c3ccc(N4CCN(CC5=C(c6ccc(Cl)cc6)CCC(C)(C)C5)CC4)cc3)cc2S(=O)(=O)C(F)(F)F)C(C)(C)C)cc1. The van der Waals surface area contributed by atoms with Gasteiger partial charge in [0.05, 0.1) is 45.4 Å². The fraction of sp³-hybridized carbons (Fsp3) is 0.487. The first-order valence-electron chi connectivity index (χ1n) is 35.2. The smallest absolute Gasteiger partial charge is 0.395 e. The highest BCUT2D eigenvalue weighted by Crippen LogP contribution is 2.44. The quantitative estimate of drug-likeness (QED) is 0.0170. The number of benzene rings is 5. The van der Waals surface area contributed by atoms with Crippen molar-refractivity contribution in [3.05, 3.63) is 160 Å². The van der Waals surface area contributed by atoms with E-state index in [1.807, 2.05) is 111 Å². The van der Waals surface area contributed by atoms with Crippen LogP contribution >= 0.6 is 34.7 Å². The normalized spacial score (nSPS) is 17.8. The average molecular weight is 1520 g/mol. The number of sulfone groups is 1. The number of unbranched alkanes of at least 4 members (excludes halogenated alkanes) is 4. The molecule has 3 aliphatic rings. The van der Waals surface area contributed by atoms with Crippen molar-refractivity contribution in [2.45, 2.75) is 170 Å². The summed E-state index contributed by atoms with van der Waals surface area (Å²) in [6, 6.07) is 30.7. The van der Waals surface area contributed by atoms with Crippen LogP contribution in [-0.2, 0) is 34.2 Å². The van der Waals surface area contributed by atoms with Crippen LogP contribution < -0.4 is 25.6 Å². The minimum Gasteiger partial charge on any atom is -0.395 e. The van der Waals surface area contributed by atoms with E-state index in [0.717, 1.165) is 96.2 Å². The molecule has 5 atom stereocenters. The van der Waals surface area contributed by atoms with E-state index in [0.29, 0.717) is 56.5 Å². The fourth-order valence-corrected chi connectivity index (χ4v) is 17.5. The number of nitrogens with zero attached hydrogens (tertiary/aromatic N) is 5. The number of carbonyl (C=O) groups is 4. The van der Waals surface area contributed by atoms with Gasteiger partial charge in [0.1, 0.15) is 17.0 Å². The molecule has 4 amide bonds. The number of amides is 4. The van der Waals surface area contributed by atoms with Crippen molar-refractivity contribution in [3.63, 3.8) is 0 Å². The van der Waals surface area contributed by atoms with Gasteiger partial charge in [-0.3, -0.25) is 24.1 Å². The third-order valence-corrected chi connectivity index (χ3v) is 24.7. The van der Waals surface area contributed by atoms with Gasteiger partial charge in [-0.05, 0) is 159 Å². The molecule has 0 saturated carbocycles. The Hall–Kier alpha value is -6.88. The summed E-state index contributed by atoms with van der Waals surface area (Å²) in [5.41, 5.74) is 2.48. The van der Waals surface area contributed by atoms with Crippen LogP contribution in [-0.4, -0.2) is 171 Å². The number of thiazole rings is 1. The van der Waals surface area contributed by atoms with Gasteiger partial charge in [-0.1, -0.05) is 126 Å². The second kappa shape index (κ2) is 35.5. The van der Waals surface area contributed by atoms with Crippen LogP contribution in [0.15, 0.2) is 147 Å². The Labute approximate surface area is 617 Å². The number of likely N-dealkylation sites (tertiary alicyclic amines) is 1. The Bertz CT molecular complexity index is 4140. The van der Waals surface area contributed by atoms with Crippen LogP contribution in [0, 0.1) is 17.8 Å². The molecule has 0 radical (unpaired) electrons. The summed E-state index contributed by atoms with van der Waals surface area (Å²) in [5, 5.41) is 30.6. The van der Waals surface area contributed by atoms with Gasteiger partial charge in [0.15, 0.2) is 0 Å². The zero-order chi connectivity index (χ0) is 74.4. The average Bonchev–Trinajstić information content (AvgIpc) is 1.74. The van der Waals surface area contributed by atoms with Crippen LogP contribution in [0.5, 0.6) is 0 Å². The number of β-amino-alcohol motifs (C(OH)–C–C–N with tert-alkyl or cyclic N) is 1. The van der Waals surface area contributed by atoms with Crippen molar-refractivity contribution < 1.29 is 59.4 Å². The molecule has 0 bridgehead atoms. The van der Waals surface area contributed by atoms with Crippen LogP contribution in [0.3, 0.4) is 0 Å². The number of anilines is 2. The number of nitrogens with one attached hydrogen (secondary N) is 4. The predicted octanol–water partition coefficient (Wildman–Crippen LogP) is 12.9.